The first-order chi connectivity index (χ1) is 15.1. The number of amides is 1. The average Bonchev–Trinajstić information content (AvgIpc) is 3.46. The molecule has 0 aliphatic carbocycles. The summed E-state index contributed by atoms with van der Waals surface area (Å²) in [5.41, 5.74) is 1.60. The predicted molar refractivity (Wildman–Crippen MR) is 126 cm³/mol. The minimum Gasteiger partial charge on any atom is -0.493 e. The Morgan fingerprint density at radius 1 is 1.19 bits per heavy atom. The molecular weight excluding hydrogens is 454 g/mol. The molecule has 0 saturated heterocycles. The molecule has 0 unspecified atom stereocenters. The number of benzene rings is 1. The normalized spacial score (nSPS) is 10.9. The van der Waals surface area contributed by atoms with Crippen molar-refractivity contribution in [2.24, 2.45) is 0 Å². The van der Waals surface area contributed by atoms with Gasteiger partial charge in [0.25, 0.3) is 5.56 Å². The third-order valence-electron chi connectivity index (χ3n) is 4.49. The third-order valence-corrected chi connectivity index (χ3v) is 7.14. The minimum atomic E-state index is -0.192. The van der Waals surface area contributed by atoms with E-state index in [2.05, 4.69) is 15.3 Å². The molecule has 0 aliphatic heterocycles. The fourth-order valence-corrected chi connectivity index (χ4v) is 5.50. The van der Waals surface area contributed by atoms with E-state index in [9.17, 15) is 9.59 Å². The highest BCUT2D eigenvalue weighted by Crippen LogP contribution is 2.34. The first kappa shape index (κ1) is 21.4. The molecule has 4 rings (SSSR count). The van der Waals surface area contributed by atoms with E-state index in [-0.39, 0.29) is 17.2 Å². The number of nitrogens with one attached hydrogen (secondary N) is 2. The van der Waals surface area contributed by atoms with Gasteiger partial charge in [-0.1, -0.05) is 23.9 Å². The number of methoxy groups -OCH3 is 2. The van der Waals surface area contributed by atoms with Crippen LogP contribution in [0, 0.1) is 0 Å². The Morgan fingerprint density at radius 3 is 2.77 bits per heavy atom. The number of hydrogen-bond acceptors (Lipinski definition) is 8. The van der Waals surface area contributed by atoms with Crippen LogP contribution in [-0.2, 0) is 11.3 Å². The number of rotatable bonds is 8. The molecule has 10 heteroatoms. The van der Waals surface area contributed by atoms with Crippen LogP contribution in [0.4, 0.5) is 0 Å². The number of aromatic nitrogens is 2. The van der Waals surface area contributed by atoms with Crippen LogP contribution in [0.15, 0.2) is 51.0 Å². The topological polar surface area (TPSA) is 93.3 Å². The molecular formula is C21H19N3O4S3. The minimum absolute atomic E-state index is 0.144. The number of ether oxygens (including phenoxy) is 2. The molecule has 0 saturated carbocycles. The molecule has 31 heavy (non-hydrogen) atoms. The second-order valence-electron chi connectivity index (χ2n) is 6.43. The first-order valence-corrected chi connectivity index (χ1v) is 12.0. The van der Waals surface area contributed by atoms with E-state index in [0.29, 0.717) is 33.4 Å². The fourth-order valence-electron chi connectivity index (χ4n) is 2.99. The summed E-state index contributed by atoms with van der Waals surface area (Å²) in [6.45, 7) is 0.359. The van der Waals surface area contributed by atoms with Crippen LogP contribution in [0.2, 0.25) is 0 Å². The highest BCUT2D eigenvalue weighted by atomic mass is 32.2. The Bertz CT molecular complexity index is 1260. The number of thioether (sulfide) groups is 1. The van der Waals surface area contributed by atoms with E-state index in [1.807, 2.05) is 35.0 Å². The van der Waals surface area contributed by atoms with Crippen molar-refractivity contribution in [1.29, 1.82) is 0 Å². The summed E-state index contributed by atoms with van der Waals surface area (Å²) in [6, 6.07) is 9.42. The molecule has 3 heterocycles. The second kappa shape index (κ2) is 9.54. The number of nitrogens with zero attached hydrogens (tertiary/aromatic N) is 1. The molecule has 0 spiro atoms. The van der Waals surface area contributed by atoms with Crippen LogP contribution >= 0.6 is 34.4 Å². The predicted octanol–water partition coefficient (Wildman–Crippen LogP) is 4.14. The molecule has 1 aromatic carbocycles. The quantitative estimate of drug-likeness (QED) is 0.295. The van der Waals surface area contributed by atoms with Gasteiger partial charge in [0.05, 0.1) is 25.4 Å². The molecule has 0 aliphatic rings. The molecule has 0 radical (unpaired) electrons. The number of fused-ring (bicyclic) bond motifs is 1. The van der Waals surface area contributed by atoms with E-state index >= 15 is 0 Å². The summed E-state index contributed by atoms with van der Waals surface area (Å²) in [5, 5.41) is 7.81. The van der Waals surface area contributed by atoms with E-state index in [1.54, 1.807) is 31.6 Å². The van der Waals surface area contributed by atoms with Crippen molar-refractivity contribution in [3.63, 3.8) is 0 Å². The molecule has 3 aromatic heterocycles. The largest absolute Gasteiger partial charge is 0.493 e. The van der Waals surface area contributed by atoms with E-state index < -0.39 is 0 Å². The Hall–Kier alpha value is -2.82. The summed E-state index contributed by atoms with van der Waals surface area (Å²) >= 11 is 4.21. The molecule has 160 valence electrons. The Labute approximate surface area is 190 Å². The zero-order valence-corrected chi connectivity index (χ0v) is 19.2. The number of carbonyl (C=O) groups excluding carboxylic acids is 1. The van der Waals surface area contributed by atoms with Crippen molar-refractivity contribution in [1.82, 2.24) is 15.3 Å². The third kappa shape index (κ3) is 4.76. The Balaban J connectivity index is 1.39. The fraction of sp³-hybridized carbons (Fsp3) is 0.190. The lowest BCUT2D eigenvalue weighted by atomic mass is 10.2. The Morgan fingerprint density at radius 2 is 2.03 bits per heavy atom. The highest BCUT2D eigenvalue weighted by Gasteiger charge is 2.14. The van der Waals surface area contributed by atoms with Gasteiger partial charge in [0.15, 0.2) is 16.7 Å². The van der Waals surface area contributed by atoms with Gasteiger partial charge in [-0.3, -0.25) is 9.59 Å². The van der Waals surface area contributed by atoms with Crippen LogP contribution < -0.4 is 20.3 Å². The van der Waals surface area contributed by atoms with Gasteiger partial charge < -0.3 is 19.8 Å². The number of aromatic amines is 1. The van der Waals surface area contributed by atoms with Gasteiger partial charge in [-0.05, 0) is 29.1 Å². The smallest absolute Gasteiger partial charge is 0.260 e. The van der Waals surface area contributed by atoms with E-state index in [1.165, 1.54) is 23.1 Å². The molecule has 0 bridgehead atoms. The molecule has 7 nitrogen and oxygen atoms in total. The number of thiophene rings is 2. The maximum absolute atomic E-state index is 12.6. The monoisotopic (exact) mass is 473 g/mol. The van der Waals surface area contributed by atoms with Crippen molar-refractivity contribution < 1.29 is 14.3 Å². The van der Waals surface area contributed by atoms with Gasteiger partial charge in [0, 0.05) is 22.4 Å². The summed E-state index contributed by atoms with van der Waals surface area (Å²) in [5.74, 6) is 1.23. The average molecular weight is 474 g/mol. The number of carbonyl (C=O) groups is 1. The zero-order chi connectivity index (χ0) is 21.8. The lowest BCUT2D eigenvalue weighted by Crippen LogP contribution is -2.24. The van der Waals surface area contributed by atoms with Crippen molar-refractivity contribution in [3.8, 4) is 21.9 Å². The molecule has 1 amide bonds. The summed E-state index contributed by atoms with van der Waals surface area (Å²) in [6.07, 6.45) is 0. The van der Waals surface area contributed by atoms with Crippen molar-refractivity contribution in [3.05, 3.63) is 57.0 Å². The van der Waals surface area contributed by atoms with Gasteiger partial charge in [-0.2, -0.15) is 0 Å². The summed E-state index contributed by atoms with van der Waals surface area (Å²) in [4.78, 5) is 33.9. The number of H-pyrrole nitrogens is 1. The summed E-state index contributed by atoms with van der Waals surface area (Å²) < 4.78 is 10.5. The van der Waals surface area contributed by atoms with Crippen molar-refractivity contribution in [2.75, 3.05) is 20.0 Å². The second-order valence-corrected chi connectivity index (χ2v) is 9.20. The van der Waals surface area contributed by atoms with Crippen molar-refractivity contribution >= 4 is 50.6 Å². The van der Waals surface area contributed by atoms with Crippen molar-refractivity contribution in [2.45, 2.75) is 11.7 Å². The molecule has 0 atom stereocenters. The van der Waals surface area contributed by atoms with Gasteiger partial charge in [-0.25, -0.2) is 4.98 Å². The lowest BCUT2D eigenvalue weighted by Gasteiger charge is -2.10. The SMILES string of the molecule is COc1ccc(CNC(=O)CSc2nc3scc(-c4cccs4)c3c(=O)[nH]2)cc1OC. The highest BCUT2D eigenvalue weighted by molar-refractivity contribution is 7.99. The van der Waals surface area contributed by atoms with Crippen LogP contribution in [0.25, 0.3) is 20.7 Å². The molecule has 0 fully saturated rings. The van der Waals surface area contributed by atoms with Gasteiger partial charge in [0.1, 0.15) is 4.83 Å². The maximum atomic E-state index is 12.6. The molecule has 4 aromatic rings. The van der Waals surface area contributed by atoms with Gasteiger partial charge >= 0.3 is 0 Å². The van der Waals surface area contributed by atoms with E-state index in [0.717, 1.165) is 16.0 Å². The standard InChI is InChI=1S/C21H19N3O4S3/c1-27-14-6-5-12(8-15(14)28-2)9-22-17(25)11-31-21-23-19(26)18-13(10-30-20(18)24-21)16-4-3-7-29-16/h3-8,10H,9,11H2,1-2H3,(H,22,25)(H,23,24,26). The number of hydrogen-bond donors (Lipinski definition) is 2. The molecule has 2 N–H and O–H groups in total. The van der Waals surface area contributed by atoms with Crippen LogP contribution in [0.3, 0.4) is 0 Å². The summed E-state index contributed by atoms with van der Waals surface area (Å²) in [7, 11) is 3.14. The van der Waals surface area contributed by atoms with Crippen LogP contribution in [0.5, 0.6) is 11.5 Å². The Kier molecular flexibility index (Phi) is 6.59. The maximum Gasteiger partial charge on any atom is 0.260 e. The van der Waals surface area contributed by atoms with Crippen LogP contribution in [0.1, 0.15) is 5.56 Å². The first-order valence-electron chi connectivity index (χ1n) is 9.25. The zero-order valence-electron chi connectivity index (χ0n) is 16.8. The lowest BCUT2D eigenvalue weighted by molar-refractivity contribution is -0.118. The van der Waals surface area contributed by atoms with Gasteiger partial charge in [-0.15, -0.1) is 22.7 Å². The van der Waals surface area contributed by atoms with Gasteiger partial charge in [0.2, 0.25) is 5.91 Å². The van der Waals surface area contributed by atoms with E-state index in [4.69, 9.17) is 9.47 Å². The van der Waals surface area contributed by atoms with Crippen LogP contribution in [-0.4, -0.2) is 35.8 Å².